The van der Waals surface area contributed by atoms with Crippen molar-refractivity contribution in [2.24, 2.45) is 0 Å². The highest BCUT2D eigenvalue weighted by Gasteiger charge is 2.32. The van der Waals surface area contributed by atoms with Crippen LogP contribution in [0, 0.1) is 0 Å². The van der Waals surface area contributed by atoms with Crippen LogP contribution in [-0.2, 0) is 9.59 Å². The molecule has 1 saturated heterocycles. The zero-order valence-electron chi connectivity index (χ0n) is 11.9. The first-order chi connectivity index (χ1) is 10.6. The van der Waals surface area contributed by atoms with Gasteiger partial charge in [0.2, 0.25) is 5.91 Å². The number of hydrogen-bond acceptors (Lipinski definition) is 5. The molecule has 1 aromatic heterocycles. The number of nitrogens with zero attached hydrogens (tertiary/aromatic N) is 1. The molecule has 1 aromatic rings. The summed E-state index contributed by atoms with van der Waals surface area (Å²) >= 11 is 1.49. The van der Waals surface area contributed by atoms with Gasteiger partial charge in [-0.15, -0.1) is 11.3 Å². The molecule has 2 rings (SSSR count). The maximum Gasteiger partial charge on any atom is 0.329 e. The van der Waals surface area contributed by atoms with Gasteiger partial charge in [0.15, 0.2) is 0 Å². The van der Waals surface area contributed by atoms with Crippen molar-refractivity contribution in [3.05, 3.63) is 28.1 Å². The molecule has 0 atom stereocenters. The van der Waals surface area contributed by atoms with Crippen molar-refractivity contribution in [1.82, 2.24) is 15.7 Å². The van der Waals surface area contributed by atoms with Crippen LogP contribution in [0.5, 0.6) is 0 Å². The number of thiophene rings is 1. The minimum atomic E-state index is -0.434. The van der Waals surface area contributed by atoms with Gasteiger partial charge in [0.25, 0.3) is 5.91 Å². The Labute approximate surface area is 131 Å². The largest absolute Gasteiger partial charge is 0.329 e. The van der Waals surface area contributed by atoms with E-state index in [1.54, 1.807) is 11.6 Å². The Kier molecular flexibility index (Phi) is 5.68. The van der Waals surface area contributed by atoms with Crippen LogP contribution >= 0.6 is 11.3 Å². The van der Waals surface area contributed by atoms with Gasteiger partial charge in [0.1, 0.15) is 5.70 Å². The van der Waals surface area contributed by atoms with Gasteiger partial charge >= 0.3 is 6.03 Å². The van der Waals surface area contributed by atoms with E-state index in [4.69, 9.17) is 5.21 Å². The van der Waals surface area contributed by atoms with E-state index in [1.165, 1.54) is 16.2 Å². The molecule has 0 unspecified atom stereocenters. The minimum absolute atomic E-state index is 0.222. The third-order valence-corrected chi connectivity index (χ3v) is 4.02. The highest BCUT2D eigenvalue weighted by atomic mass is 32.1. The zero-order chi connectivity index (χ0) is 15.9. The van der Waals surface area contributed by atoms with Crippen molar-refractivity contribution in [3.63, 3.8) is 0 Å². The predicted molar refractivity (Wildman–Crippen MR) is 80.9 cm³/mol. The van der Waals surface area contributed by atoms with Gasteiger partial charge < -0.3 is 5.32 Å². The van der Waals surface area contributed by atoms with E-state index >= 15 is 0 Å². The molecule has 0 aromatic carbocycles. The molecule has 0 bridgehead atoms. The number of carbonyl (C=O) groups excluding carboxylic acids is 3. The lowest BCUT2D eigenvalue weighted by Gasteiger charge is -2.11. The number of amides is 4. The Balaban J connectivity index is 1.81. The van der Waals surface area contributed by atoms with Gasteiger partial charge in [0.05, 0.1) is 0 Å². The molecule has 0 aliphatic carbocycles. The number of unbranched alkanes of at least 4 members (excludes halogenated alkanes) is 2. The standard InChI is InChI=1S/C14H17N3O4S/c18-12(16-21)6-2-1-3-7-17-13(19)11(15-14(17)20)9-10-5-4-8-22-10/h4-5,8-9,21H,1-3,6-7H2,(H,15,20)(H,16,18)/b11-9-. The van der Waals surface area contributed by atoms with Crippen LogP contribution in [0.15, 0.2) is 23.2 Å². The highest BCUT2D eigenvalue weighted by Crippen LogP contribution is 2.17. The lowest BCUT2D eigenvalue weighted by Crippen LogP contribution is -2.31. The number of hydroxylamine groups is 1. The number of hydrogen-bond donors (Lipinski definition) is 3. The molecule has 22 heavy (non-hydrogen) atoms. The summed E-state index contributed by atoms with van der Waals surface area (Å²) < 4.78 is 0. The summed E-state index contributed by atoms with van der Waals surface area (Å²) in [5.74, 6) is -0.761. The van der Waals surface area contributed by atoms with Crippen molar-refractivity contribution in [1.29, 1.82) is 0 Å². The van der Waals surface area contributed by atoms with Crippen LogP contribution in [0.4, 0.5) is 4.79 Å². The first kappa shape index (κ1) is 16.2. The Hall–Kier alpha value is -2.19. The number of imide groups is 1. The average Bonchev–Trinajstić information content (AvgIpc) is 3.10. The fourth-order valence-corrected chi connectivity index (χ4v) is 2.74. The van der Waals surface area contributed by atoms with E-state index in [1.807, 2.05) is 17.5 Å². The summed E-state index contributed by atoms with van der Waals surface area (Å²) in [6.45, 7) is 0.313. The van der Waals surface area contributed by atoms with E-state index in [0.717, 1.165) is 4.88 Å². The predicted octanol–water partition coefficient (Wildman–Crippen LogP) is 1.71. The van der Waals surface area contributed by atoms with E-state index in [9.17, 15) is 14.4 Å². The summed E-state index contributed by atoms with van der Waals surface area (Å²) in [6.07, 6.45) is 3.78. The van der Waals surface area contributed by atoms with Crippen molar-refractivity contribution < 1.29 is 19.6 Å². The lowest BCUT2D eigenvalue weighted by atomic mass is 10.2. The Morgan fingerprint density at radius 3 is 2.86 bits per heavy atom. The molecule has 0 spiro atoms. The molecule has 0 saturated carbocycles. The second-order valence-corrected chi connectivity index (χ2v) is 5.79. The molecular weight excluding hydrogens is 306 g/mol. The maximum absolute atomic E-state index is 12.1. The molecule has 1 fully saturated rings. The molecule has 3 N–H and O–H groups in total. The van der Waals surface area contributed by atoms with Gasteiger partial charge in [-0.05, 0) is 30.4 Å². The maximum atomic E-state index is 12.1. The lowest BCUT2D eigenvalue weighted by molar-refractivity contribution is -0.129. The smallest absolute Gasteiger partial charge is 0.303 e. The average molecular weight is 323 g/mol. The van der Waals surface area contributed by atoms with E-state index in [2.05, 4.69) is 5.32 Å². The third kappa shape index (κ3) is 4.15. The molecule has 7 nitrogen and oxygen atoms in total. The summed E-state index contributed by atoms with van der Waals surface area (Å²) in [5, 5.41) is 12.8. The van der Waals surface area contributed by atoms with Crippen LogP contribution in [0.1, 0.15) is 30.6 Å². The van der Waals surface area contributed by atoms with Gasteiger partial charge in [-0.3, -0.25) is 19.7 Å². The zero-order valence-corrected chi connectivity index (χ0v) is 12.7. The second-order valence-electron chi connectivity index (χ2n) is 4.81. The second kappa shape index (κ2) is 7.71. The van der Waals surface area contributed by atoms with Crippen molar-refractivity contribution in [3.8, 4) is 0 Å². The molecule has 0 radical (unpaired) electrons. The number of carbonyl (C=O) groups is 3. The first-order valence-electron chi connectivity index (χ1n) is 6.93. The van der Waals surface area contributed by atoms with E-state index in [0.29, 0.717) is 25.8 Å². The van der Waals surface area contributed by atoms with Crippen LogP contribution in [0.25, 0.3) is 6.08 Å². The molecule has 1 aliphatic heterocycles. The van der Waals surface area contributed by atoms with Gasteiger partial charge in [-0.25, -0.2) is 10.3 Å². The molecule has 118 valence electrons. The molecular formula is C14H17N3O4S. The number of nitrogens with one attached hydrogen (secondary N) is 2. The van der Waals surface area contributed by atoms with Gasteiger partial charge in [-0.1, -0.05) is 12.5 Å². The third-order valence-electron chi connectivity index (χ3n) is 3.20. The van der Waals surface area contributed by atoms with E-state index in [-0.39, 0.29) is 18.0 Å². The molecule has 2 heterocycles. The van der Waals surface area contributed by atoms with Crippen LogP contribution < -0.4 is 10.8 Å². The van der Waals surface area contributed by atoms with Crippen molar-refractivity contribution in [2.75, 3.05) is 6.54 Å². The fraction of sp³-hybridized carbons (Fsp3) is 0.357. The summed E-state index contributed by atoms with van der Waals surface area (Å²) in [5.41, 5.74) is 1.85. The van der Waals surface area contributed by atoms with Crippen LogP contribution in [0.2, 0.25) is 0 Å². The molecule has 4 amide bonds. The summed E-state index contributed by atoms with van der Waals surface area (Å²) in [4.78, 5) is 36.9. The van der Waals surface area contributed by atoms with Crippen molar-refractivity contribution >= 4 is 35.3 Å². The van der Waals surface area contributed by atoms with Crippen molar-refractivity contribution in [2.45, 2.75) is 25.7 Å². The normalized spacial score (nSPS) is 16.2. The Morgan fingerprint density at radius 1 is 1.36 bits per heavy atom. The molecule has 1 aliphatic rings. The summed E-state index contributed by atoms with van der Waals surface area (Å²) in [6, 6.07) is 3.32. The Bertz CT molecular complexity index is 583. The minimum Gasteiger partial charge on any atom is -0.303 e. The van der Waals surface area contributed by atoms with Gasteiger partial charge in [-0.2, -0.15) is 0 Å². The number of urea groups is 1. The first-order valence-corrected chi connectivity index (χ1v) is 7.81. The SMILES string of the molecule is O=C(CCCCCN1C(=O)N/C(=C\c2cccs2)C1=O)NO. The van der Waals surface area contributed by atoms with Gasteiger partial charge in [0, 0.05) is 17.8 Å². The fourth-order valence-electron chi connectivity index (χ4n) is 2.08. The topological polar surface area (TPSA) is 98.7 Å². The van der Waals surface area contributed by atoms with Crippen LogP contribution in [-0.4, -0.2) is 34.5 Å². The monoisotopic (exact) mass is 323 g/mol. The number of rotatable bonds is 7. The van der Waals surface area contributed by atoms with E-state index < -0.39 is 11.9 Å². The quantitative estimate of drug-likeness (QED) is 0.234. The highest BCUT2D eigenvalue weighted by molar-refractivity contribution is 7.10. The Morgan fingerprint density at radius 2 is 2.18 bits per heavy atom. The molecule has 8 heteroatoms. The summed E-state index contributed by atoms with van der Waals surface area (Å²) in [7, 11) is 0. The van der Waals surface area contributed by atoms with Crippen LogP contribution in [0.3, 0.4) is 0 Å².